The minimum atomic E-state index is -0.663. The number of nitrogens with zero attached hydrogens (tertiary/aromatic N) is 1. The molecule has 0 bridgehead atoms. The number of amides is 2. The molecule has 0 spiro atoms. The lowest BCUT2D eigenvalue weighted by Crippen LogP contribution is -2.50. The second-order valence-electron chi connectivity index (χ2n) is 7.89. The van der Waals surface area contributed by atoms with Crippen LogP contribution in [-0.2, 0) is 16.1 Å². The summed E-state index contributed by atoms with van der Waals surface area (Å²) in [6.07, 6.45) is 4.17. The first kappa shape index (κ1) is 21.8. The molecule has 0 unspecified atom stereocenters. The zero-order valence-corrected chi connectivity index (χ0v) is 17.6. The van der Waals surface area contributed by atoms with E-state index in [1.807, 2.05) is 31.2 Å². The number of nitrogens with one attached hydrogen (secondary N) is 1. The fraction of sp³-hybridized carbons (Fsp3) is 0.417. The van der Waals surface area contributed by atoms with E-state index in [4.69, 9.17) is 4.74 Å². The molecule has 30 heavy (non-hydrogen) atoms. The van der Waals surface area contributed by atoms with Gasteiger partial charge in [0.15, 0.2) is 18.2 Å². The molecule has 0 saturated heterocycles. The molecule has 2 amide bonds. The van der Waals surface area contributed by atoms with E-state index in [2.05, 4.69) is 5.32 Å². The summed E-state index contributed by atoms with van der Waals surface area (Å²) >= 11 is 0. The summed E-state index contributed by atoms with van der Waals surface area (Å²) in [4.78, 5) is 27.3. The van der Waals surface area contributed by atoms with Gasteiger partial charge in [0.2, 0.25) is 5.91 Å². The van der Waals surface area contributed by atoms with Crippen LogP contribution in [0.2, 0.25) is 0 Å². The Morgan fingerprint density at radius 2 is 1.80 bits per heavy atom. The number of carbonyl (C=O) groups excluding carboxylic acids is 2. The standard InChI is InChI=1S/C24H29FN2O3/c1-17-11-13-19(14-12-17)15-27(18(2)24(29)26-20-7-3-4-8-20)23(28)16-30-22-10-6-5-9-21(22)25/h5-6,9-14,18,20H,3-4,7-8,15-16H2,1-2H3,(H,26,29)/t18-/m0/s1. The van der Waals surface area contributed by atoms with Gasteiger partial charge in [-0.05, 0) is 44.4 Å². The van der Waals surface area contributed by atoms with E-state index in [0.29, 0.717) is 0 Å². The molecular formula is C24H29FN2O3. The largest absolute Gasteiger partial charge is 0.481 e. The molecule has 2 aromatic rings. The summed E-state index contributed by atoms with van der Waals surface area (Å²) in [5, 5.41) is 3.06. The van der Waals surface area contributed by atoms with Crippen molar-refractivity contribution in [2.24, 2.45) is 0 Å². The Balaban J connectivity index is 1.71. The molecule has 6 heteroatoms. The van der Waals surface area contributed by atoms with Crippen LogP contribution >= 0.6 is 0 Å². The highest BCUT2D eigenvalue weighted by atomic mass is 19.1. The van der Waals surface area contributed by atoms with Crippen molar-refractivity contribution in [3.05, 3.63) is 65.5 Å². The normalized spacial score (nSPS) is 14.9. The monoisotopic (exact) mass is 412 g/mol. The van der Waals surface area contributed by atoms with Gasteiger partial charge < -0.3 is 15.0 Å². The summed E-state index contributed by atoms with van der Waals surface area (Å²) in [5.41, 5.74) is 2.03. The Labute approximate surface area is 177 Å². The molecule has 1 atom stereocenters. The lowest BCUT2D eigenvalue weighted by atomic mass is 10.1. The molecule has 0 aliphatic heterocycles. The van der Waals surface area contributed by atoms with E-state index in [0.717, 1.165) is 36.8 Å². The number of hydrogen-bond donors (Lipinski definition) is 1. The van der Waals surface area contributed by atoms with Crippen LogP contribution in [0.1, 0.15) is 43.7 Å². The fourth-order valence-corrected chi connectivity index (χ4v) is 3.65. The van der Waals surface area contributed by atoms with Crippen LogP contribution in [0.15, 0.2) is 48.5 Å². The number of benzene rings is 2. The maximum Gasteiger partial charge on any atom is 0.261 e. The number of ether oxygens (including phenoxy) is 1. The van der Waals surface area contributed by atoms with Crippen molar-refractivity contribution in [1.82, 2.24) is 10.2 Å². The predicted molar refractivity (Wildman–Crippen MR) is 113 cm³/mol. The van der Waals surface area contributed by atoms with Crippen LogP contribution in [0.4, 0.5) is 4.39 Å². The average Bonchev–Trinajstić information content (AvgIpc) is 3.25. The smallest absolute Gasteiger partial charge is 0.261 e. The third-order valence-corrected chi connectivity index (χ3v) is 5.53. The van der Waals surface area contributed by atoms with Gasteiger partial charge in [0.25, 0.3) is 5.91 Å². The van der Waals surface area contributed by atoms with Gasteiger partial charge >= 0.3 is 0 Å². The van der Waals surface area contributed by atoms with Gasteiger partial charge in [0, 0.05) is 12.6 Å². The van der Waals surface area contributed by atoms with Crippen molar-refractivity contribution in [3.8, 4) is 5.75 Å². The maximum absolute atomic E-state index is 13.8. The SMILES string of the molecule is Cc1ccc(CN(C(=O)COc2ccccc2F)[C@@H](C)C(=O)NC2CCCC2)cc1. The van der Waals surface area contributed by atoms with E-state index < -0.39 is 11.9 Å². The first-order valence-corrected chi connectivity index (χ1v) is 10.5. The van der Waals surface area contributed by atoms with E-state index in [1.165, 1.54) is 17.0 Å². The van der Waals surface area contributed by atoms with Gasteiger partial charge in [-0.3, -0.25) is 9.59 Å². The quantitative estimate of drug-likeness (QED) is 0.713. The van der Waals surface area contributed by atoms with Gasteiger partial charge in [0.1, 0.15) is 6.04 Å². The van der Waals surface area contributed by atoms with E-state index in [-0.39, 0.29) is 36.8 Å². The van der Waals surface area contributed by atoms with E-state index in [1.54, 1.807) is 19.1 Å². The van der Waals surface area contributed by atoms with Crippen molar-refractivity contribution in [2.75, 3.05) is 6.61 Å². The average molecular weight is 413 g/mol. The fourth-order valence-electron chi connectivity index (χ4n) is 3.65. The van der Waals surface area contributed by atoms with Crippen molar-refractivity contribution in [2.45, 2.75) is 58.2 Å². The third kappa shape index (κ3) is 5.81. The molecule has 0 heterocycles. The third-order valence-electron chi connectivity index (χ3n) is 5.53. The molecule has 2 aromatic carbocycles. The highest BCUT2D eigenvalue weighted by molar-refractivity contribution is 5.88. The van der Waals surface area contributed by atoms with Crippen LogP contribution in [0.5, 0.6) is 5.75 Å². The Morgan fingerprint density at radius 3 is 2.47 bits per heavy atom. The highest BCUT2D eigenvalue weighted by Crippen LogP contribution is 2.19. The van der Waals surface area contributed by atoms with Crippen LogP contribution in [0.3, 0.4) is 0 Å². The molecule has 0 radical (unpaired) electrons. The van der Waals surface area contributed by atoms with Crippen molar-refractivity contribution < 1.29 is 18.7 Å². The summed E-state index contributed by atoms with van der Waals surface area (Å²) in [6, 6.07) is 13.3. The number of aryl methyl sites for hydroxylation is 1. The number of para-hydroxylation sites is 1. The molecule has 1 saturated carbocycles. The van der Waals surface area contributed by atoms with Crippen LogP contribution < -0.4 is 10.1 Å². The Morgan fingerprint density at radius 1 is 1.13 bits per heavy atom. The number of carbonyl (C=O) groups is 2. The lowest BCUT2D eigenvalue weighted by molar-refractivity contribution is -0.142. The van der Waals surface area contributed by atoms with Gasteiger partial charge in [-0.1, -0.05) is 54.8 Å². The summed E-state index contributed by atoms with van der Waals surface area (Å²) in [7, 11) is 0. The van der Waals surface area contributed by atoms with Gasteiger partial charge in [0.05, 0.1) is 0 Å². The molecule has 0 aromatic heterocycles. The number of halogens is 1. The van der Waals surface area contributed by atoms with Gasteiger partial charge in [-0.2, -0.15) is 0 Å². The minimum Gasteiger partial charge on any atom is -0.481 e. The molecule has 5 nitrogen and oxygen atoms in total. The predicted octanol–water partition coefficient (Wildman–Crippen LogP) is 3.99. The maximum atomic E-state index is 13.8. The molecular weight excluding hydrogens is 383 g/mol. The zero-order valence-electron chi connectivity index (χ0n) is 17.6. The first-order valence-electron chi connectivity index (χ1n) is 10.5. The Bertz CT molecular complexity index is 863. The van der Waals surface area contributed by atoms with Crippen LogP contribution in [-0.4, -0.2) is 35.4 Å². The summed E-state index contributed by atoms with van der Waals surface area (Å²) < 4.78 is 19.2. The Kier molecular flexibility index (Phi) is 7.44. The second-order valence-corrected chi connectivity index (χ2v) is 7.89. The minimum absolute atomic E-state index is 0.0178. The van der Waals surface area contributed by atoms with Crippen molar-refractivity contribution in [1.29, 1.82) is 0 Å². The molecule has 160 valence electrons. The zero-order chi connectivity index (χ0) is 21.5. The molecule has 3 rings (SSSR count). The summed E-state index contributed by atoms with van der Waals surface area (Å²) in [6.45, 7) is 3.65. The summed E-state index contributed by atoms with van der Waals surface area (Å²) in [5.74, 6) is -1.05. The van der Waals surface area contributed by atoms with Crippen LogP contribution in [0.25, 0.3) is 0 Å². The Hall–Kier alpha value is -2.89. The lowest BCUT2D eigenvalue weighted by Gasteiger charge is -2.29. The number of hydrogen-bond acceptors (Lipinski definition) is 3. The van der Waals surface area contributed by atoms with Crippen molar-refractivity contribution >= 4 is 11.8 Å². The molecule has 1 aliphatic carbocycles. The van der Waals surface area contributed by atoms with Crippen LogP contribution in [0, 0.1) is 12.7 Å². The van der Waals surface area contributed by atoms with Gasteiger partial charge in [-0.15, -0.1) is 0 Å². The molecule has 1 aliphatic rings. The second kappa shape index (κ2) is 10.2. The molecule has 1 fully saturated rings. The highest BCUT2D eigenvalue weighted by Gasteiger charge is 2.28. The van der Waals surface area contributed by atoms with E-state index >= 15 is 0 Å². The van der Waals surface area contributed by atoms with Gasteiger partial charge in [-0.25, -0.2) is 4.39 Å². The van der Waals surface area contributed by atoms with E-state index in [9.17, 15) is 14.0 Å². The number of rotatable bonds is 8. The topological polar surface area (TPSA) is 58.6 Å². The van der Waals surface area contributed by atoms with Crippen molar-refractivity contribution in [3.63, 3.8) is 0 Å². The first-order chi connectivity index (χ1) is 14.4. The molecule has 1 N–H and O–H groups in total.